The molecule has 4 saturated carbocycles. The minimum atomic E-state index is -2.75. The van der Waals surface area contributed by atoms with E-state index in [0.29, 0.717) is 37.5 Å². The van der Waals surface area contributed by atoms with Crippen LogP contribution in [0.3, 0.4) is 0 Å². The largest absolute Gasteiger partial charge is 0.481 e. The van der Waals surface area contributed by atoms with Crippen LogP contribution in [0, 0.1) is 23.2 Å². The van der Waals surface area contributed by atoms with Gasteiger partial charge in [-0.05, 0) is 43.9 Å². The Morgan fingerprint density at radius 1 is 1.19 bits per heavy atom. The van der Waals surface area contributed by atoms with Gasteiger partial charge in [0.15, 0.2) is 0 Å². The third-order valence-corrected chi connectivity index (χ3v) is 4.97. The average molecular weight is 230 g/mol. The average Bonchev–Trinajstić information content (AvgIpc) is 2.12. The Balaban J connectivity index is 1.98. The van der Waals surface area contributed by atoms with Gasteiger partial charge in [-0.2, -0.15) is 0 Å². The molecule has 4 fully saturated rings. The fourth-order valence-electron chi connectivity index (χ4n) is 4.64. The van der Waals surface area contributed by atoms with E-state index in [1.165, 1.54) is 0 Å². The summed E-state index contributed by atoms with van der Waals surface area (Å²) >= 11 is 0. The molecule has 2 nitrogen and oxygen atoms in total. The normalized spacial score (nSPS) is 48.2. The molecule has 4 aliphatic rings. The molecular weight excluding hydrogens is 214 g/mol. The molecule has 16 heavy (non-hydrogen) atoms. The molecule has 0 aromatic heterocycles. The number of hydrogen-bond acceptors (Lipinski definition) is 1. The number of aliphatic carboxylic acids is 1. The first-order valence-electron chi connectivity index (χ1n) is 6.02. The summed E-state index contributed by atoms with van der Waals surface area (Å²) in [7, 11) is 0. The third kappa shape index (κ3) is 1.19. The molecular formula is C12H16F2O2. The first-order valence-corrected chi connectivity index (χ1v) is 6.02. The molecule has 0 radical (unpaired) electrons. The van der Waals surface area contributed by atoms with Gasteiger partial charge in [-0.25, -0.2) is 8.78 Å². The number of halogens is 2. The van der Waals surface area contributed by atoms with E-state index in [0.717, 1.165) is 6.42 Å². The van der Waals surface area contributed by atoms with Crippen LogP contribution in [0.2, 0.25) is 0 Å². The van der Waals surface area contributed by atoms with Crippen molar-refractivity contribution < 1.29 is 18.7 Å². The second-order valence-electron chi connectivity index (χ2n) is 6.02. The molecule has 4 bridgehead atoms. The van der Waals surface area contributed by atoms with Crippen LogP contribution in [0.1, 0.15) is 38.5 Å². The van der Waals surface area contributed by atoms with E-state index in [2.05, 4.69) is 0 Å². The molecule has 90 valence electrons. The Morgan fingerprint density at radius 3 is 2.25 bits per heavy atom. The van der Waals surface area contributed by atoms with Crippen molar-refractivity contribution in [1.82, 2.24) is 0 Å². The lowest BCUT2D eigenvalue weighted by molar-refractivity contribution is -0.258. The fraction of sp³-hybridized carbons (Fsp3) is 0.917. The van der Waals surface area contributed by atoms with Crippen molar-refractivity contribution in [1.29, 1.82) is 0 Å². The number of carboxylic acid groups (broad SMARTS) is 1. The van der Waals surface area contributed by atoms with Gasteiger partial charge in [0, 0.05) is 11.3 Å². The van der Waals surface area contributed by atoms with Crippen LogP contribution in [0.5, 0.6) is 0 Å². The summed E-state index contributed by atoms with van der Waals surface area (Å²) in [6.07, 6.45) is 2.80. The molecule has 0 aliphatic heterocycles. The topological polar surface area (TPSA) is 37.3 Å². The van der Waals surface area contributed by atoms with Crippen molar-refractivity contribution in [3.8, 4) is 0 Å². The molecule has 4 atom stereocenters. The lowest BCUT2D eigenvalue weighted by atomic mass is 9.47. The molecule has 1 N–H and O–H groups in total. The van der Waals surface area contributed by atoms with Crippen molar-refractivity contribution in [3.63, 3.8) is 0 Å². The van der Waals surface area contributed by atoms with Gasteiger partial charge in [0.25, 0.3) is 5.92 Å². The van der Waals surface area contributed by atoms with Gasteiger partial charge in [0.1, 0.15) is 0 Å². The molecule has 0 amide bonds. The number of carboxylic acids is 1. The summed E-state index contributed by atoms with van der Waals surface area (Å²) in [5.41, 5.74) is -1.21. The Hall–Kier alpha value is -0.670. The highest BCUT2D eigenvalue weighted by molar-refractivity contribution is 5.68. The minimum Gasteiger partial charge on any atom is -0.481 e. The predicted octanol–water partition coefficient (Wildman–Crippen LogP) is 2.92. The van der Waals surface area contributed by atoms with Crippen LogP contribution in [0.4, 0.5) is 8.78 Å². The van der Waals surface area contributed by atoms with Gasteiger partial charge in [-0.3, -0.25) is 4.79 Å². The van der Waals surface area contributed by atoms with Crippen molar-refractivity contribution in [2.24, 2.45) is 23.2 Å². The second-order valence-corrected chi connectivity index (χ2v) is 6.02. The highest BCUT2D eigenvalue weighted by atomic mass is 19.3. The maximum Gasteiger partial charge on any atom is 0.304 e. The lowest BCUT2D eigenvalue weighted by Crippen LogP contribution is -2.60. The van der Waals surface area contributed by atoms with E-state index in [1.807, 2.05) is 0 Å². The molecule has 0 heterocycles. The van der Waals surface area contributed by atoms with E-state index in [-0.39, 0.29) is 6.42 Å². The minimum absolute atomic E-state index is 0.344. The van der Waals surface area contributed by atoms with Crippen LogP contribution in [0.15, 0.2) is 0 Å². The maximum atomic E-state index is 14.3. The summed E-state index contributed by atoms with van der Waals surface area (Å²) in [5, 5.41) is 8.87. The number of rotatable bonds is 2. The standard InChI is InChI=1S/C12H16F2O2/c13-12(14)9-2-7-1-8(3-9)5-11(12,4-7)6-10(15)16/h7-9H,1-6H2,(H,15,16)/t7-,8+,9?,11?. The molecule has 0 spiro atoms. The van der Waals surface area contributed by atoms with Gasteiger partial charge in [-0.15, -0.1) is 0 Å². The first kappa shape index (κ1) is 10.5. The van der Waals surface area contributed by atoms with E-state index < -0.39 is 23.2 Å². The van der Waals surface area contributed by atoms with Crippen LogP contribution in [0.25, 0.3) is 0 Å². The molecule has 2 unspecified atom stereocenters. The molecule has 0 saturated heterocycles. The van der Waals surface area contributed by atoms with Crippen LogP contribution in [-0.2, 0) is 4.79 Å². The van der Waals surface area contributed by atoms with Crippen molar-refractivity contribution in [2.75, 3.05) is 0 Å². The zero-order valence-corrected chi connectivity index (χ0v) is 9.09. The third-order valence-electron chi connectivity index (χ3n) is 4.97. The molecule has 0 aromatic rings. The van der Waals surface area contributed by atoms with Crippen molar-refractivity contribution in [2.45, 2.75) is 44.4 Å². The second kappa shape index (κ2) is 2.96. The summed E-state index contributed by atoms with van der Waals surface area (Å²) in [6.45, 7) is 0. The van der Waals surface area contributed by atoms with Crippen molar-refractivity contribution in [3.05, 3.63) is 0 Å². The van der Waals surface area contributed by atoms with Crippen LogP contribution in [-0.4, -0.2) is 17.0 Å². The fourth-order valence-corrected chi connectivity index (χ4v) is 4.64. The number of carbonyl (C=O) groups is 1. The molecule has 4 heteroatoms. The van der Waals surface area contributed by atoms with Gasteiger partial charge in [-0.1, -0.05) is 0 Å². The molecule has 4 rings (SSSR count). The van der Waals surface area contributed by atoms with E-state index in [1.54, 1.807) is 0 Å². The SMILES string of the molecule is O=C(O)CC12C[C@@H]3CC(C[C@@H](C3)C1)C2(F)F. The summed E-state index contributed by atoms with van der Waals surface area (Å²) < 4.78 is 28.5. The Kier molecular flexibility index (Phi) is 1.94. The van der Waals surface area contributed by atoms with Crippen molar-refractivity contribution >= 4 is 5.97 Å². The lowest BCUT2D eigenvalue weighted by Gasteiger charge is -2.60. The quantitative estimate of drug-likeness (QED) is 0.792. The van der Waals surface area contributed by atoms with Gasteiger partial charge >= 0.3 is 5.97 Å². The smallest absolute Gasteiger partial charge is 0.304 e. The Labute approximate surface area is 93.0 Å². The zero-order chi connectivity index (χ0) is 11.6. The number of hydrogen-bond donors (Lipinski definition) is 1. The van der Waals surface area contributed by atoms with Crippen LogP contribution < -0.4 is 0 Å². The monoisotopic (exact) mass is 230 g/mol. The van der Waals surface area contributed by atoms with Crippen LogP contribution >= 0.6 is 0 Å². The Bertz CT molecular complexity index is 326. The maximum absolute atomic E-state index is 14.3. The van der Waals surface area contributed by atoms with E-state index in [9.17, 15) is 13.6 Å². The summed E-state index contributed by atoms with van der Waals surface area (Å²) in [4.78, 5) is 10.8. The van der Waals surface area contributed by atoms with Gasteiger partial charge in [0.05, 0.1) is 6.42 Å². The molecule has 4 aliphatic carbocycles. The number of alkyl halides is 2. The highest BCUT2D eigenvalue weighted by Gasteiger charge is 2.67. The highest BCUT2D eigenvalue weighted by Crippen LogP contribution is 2.67. The summed E-state index contributed by atoms with van der Waals surface area (Å²) in [5.74, 6) is -3.65. The van der Waals surface area contributed by atoms with Gasteiger partial charge in [0.2, 0.25) is 0 Å². The van der Waals surface area contributed by atoms with Gasteiger partial charge < -0.3 is 5.11 Å². The molecule has 0 aromatic carbocycles. The summed E-state index contributed by atoms with van der Waals surface area (Å²) in [6, 6.07) is 0. The van der Waals surface area contributed by atoms with E-state index in [4.69, 9.17) is 5.11 Å². The Morgan fingerprint density at radius 2 is 1.75 bits per heavy atom. The first-order chi connectivity index (χ1) is 7.43. The zero-order valence-electron chi connectivity index (χ0n) is 9.09. The predicted molar refractivity (Wildman–Crippen MR) is 53.2 cm³/mol. The van der Waals surface area contributed by atoms with E-state index >= 15 is 0 Å².